The van der Waals surface area contributed by atoms with Crippen molar-refractivity contribution in [2.24, 2.45) is 5.92 Å². The molecule has 0 N–H and O–H groups in total. The molecule has 1 aromatic carbocycles. The first-order valence-corrected chi connectivity index (χ1v) is 8.86. The molecule has 2 nitrogen and oxygen atoms in total. The number of hydrogen-bond acceptors (Lipinski definition) is 2. The summed E-state index contributed by atoms with van der Waals surface area (Å²) >= 11 is 10.0. The molecule has 2 saturated heterocycles. The van der Waals surface area contributed by atoms with Crippen LogP contribution in [0.4, 0.5) is 0 Å². The normalized spacial score (nSPS) is 38.4. The van der Waals surface area contributed by atoms with E-state index < -0.39 is 0 Å². The summed E-state index contributed by atoms with van der Waals surface area (Å²) in [5.41, 5.74) is 0.749. The molecular formula is C17H22BrClO2. The zero-order valence-electron chi connectivity index (χ0n) is 12.7. The predicted octanol–water partition coefficient (Wildman–Crippen LogP) is 4.97. The van der Waals surface area contributed by atoms with E-state index in [2.05, 4.69) is 36.7 Å². The van der Waals surface area contributed by atoms with Crippen molar-refractivity contribution in [2.75, 3.05) is 0 Å². The molecule has 2 aliphatic heterocycles. The van der Waals surface area contributed by atoms with Crippen molar-refractivity contribution in [3.63, 3.8) is 0 Å². The lowest BCUT2D eigenvalue weighted by molar-refractivity contribution is -0.0955. The van der Waals surface area contributed by atoms with E-state index in [0.717, 1.165) is 23.4 Å². The number of ether oxygens (including phenoxy) is 2. The molecular weight excluding hydrogens is 352 g/mol. The molecule has 3 rings (SSSR count). The van der Waals surface area contributed by atoms with Crippen LogP contribution < -0.4 is 0 Å². The second-order valence-electron chi connectivity index (χ2n) is 6.79. The van der Waals surface area contributed by atoms with Gasteiger partial charge in [-0.15, -0.1) is 0 Å². The van der Waals surface area contributed by atoms with Crippen LogP contribution in [0.3, 0.4) is 0 Å². The smallest absolute Gasteiger partial charge is 0.0936 e. The van der Waals surface area contributed by atoms with Gasteiger partial charge >= 0.3 is 0 Å². The summed E-state index contributed by atoms with van der Waals surface area (Å²) in [4.78, 5) is 0.412. The van der Waals surface area contributed by atoms with E-state index in [1.165, 1.54) is 0 Å². The molecule has 0 amide bonds. The van der Waals surface area contributed by atoms with Crippen LogP contribution in [-0.4, -0.2) is 22.1 Å². The fourth-order valence-electron chi connectivity index (χ4n) is 3.70. The Kier molecular flexibility index (Phi) is 4.15. The standard InChI is InChI=1S/C17H22BrClO2/c1-11(2)17-9-15(16(3,21-17)8-14(17)18)20-10-12-6-4-5-7-13(12)19/h4-7,11,14-15H,8-10H2,1-3H3/t14-,15+,16-,17+/m0/s1. The van der Waals surface area contributed by atoms with Gasteiger partial charge in [0.2, 0.25) is 0 Å². The van der Waals surface area contributed by atoms with Crippen LogP contribution in [0.2, 0.25) is 5.02 Å². The molecule has 0 spiro atoms. The molecule has 0 aromatic heterocycles. The fourth-order valence-corrected chi connectivity index (χ4v) is 5.34. The number of benzene rings is 1. The van der Waals surface area contributed by atoms with E-state index in [1.807, 2.05) is 24.3 Å². The number of rotatable bonds is 4. The molecule has 2 aliphatic rings. The van der Waals surface area contributed by atoms with Crippen LogP contribution >= 0.6 is 27.5 Å². The minimum Gasteiger partial charge on any atom is -0.370 e. The number of halogens is 2. The Labute approximate surface area is 140 Å². The van der Waals surface area contributed by atoms with Gasteiger partial charge in [-0.05, 0) is 30.9 Å². The molecule has 2 heterocycles. The minimum atomic E-state index is -0.195. The Hall–Kier alpha value is -0.0900. The highest BCUT2D eigenvalue weighted by atomic mass is 79.9. The zero-order valence-corrected chi connectivity index (χ0v) is 15.1. The first-order chi connectivity index (χ1) is 9.87. The molecule has 4 heteroatoms. The van der Waals surface area contributed by atoms with E-state index in [1.54, 1.807) is 0 Å². The first-order valence-electron chi connectivity index (χ1n) is 7.57. The molecule has 21 heavy (non-hydrogen) atoms. The van der Waals surface area contributed by atoms with Crippen LogP contribution in [0.15, 0.2) is 24.3 Å². The van der Waals surface area contributed by atoms with Crippen molar-refractivity contribution in [3.05, 3.63) is 34.9 Å². The Bertz CT molecular complexity index is 535. The van der Waals surface area contributed by atoms with Gasteiger partial charge in [0, 0.05) is 16.3 Å². The summed E-state index contributed by atoms with van der Waals surface area (Å²) in [5, 5.41) is 0.767. The lowest BCUT2D eigenvalue weighted by Crippen LogP contribution is -2.44. The SMILES string of the molecule is CC(C)[C@]12C[C@@H](OCc3ccccc3Cl)[C@](C)(C[C@@H]1Br)O2. The predicted molar refractivity (Wildman–Crippen MR) is 89.0 cm³/mol. The number of alkyl halides is 1. The van der Waals surface area contributed by atoms with Crippen LogP contribution in [-0.2, 0) is 16.1 Å². The van der Waals surface area contributed by atoms with E-state index in [0.29, 0.717) is 17.4 Å². The molecule has 4 atom stereocenters. The van der Waals surface area contributed by atoms with Gasteiger partial charge in [0.25, 0.3) is 0 Å². The minimum absolute atomic E-state index is 0.0973. The van der Waals surface area contributed by atoms with Crippen LogP contribution in [0.5, 0.6) is 0 Å². The molecule has 2 fully saturated rings. The van der Waals surface area contributed by atoms with E-state index in [9.17, 15) is 0 Å². The van der Waals surface area contributed by atoms with Crippen molar-refractivity contribution in [3.8, 4) is 0 Å². The van der Waals surface area contributed by atoms with Crippen molar-refractivity contribution < 1.29 is 9.47 Å². The second kappa shape index (κ2) is 5.52. The maximum absolute atomic E-state index is 6.45. The third-order valence-electron chi connectivity index (χ3n) is 5.10. The summed E-state index contributed by atoms with van der Waals surface area (Å²) in [5.74, 6) is 0.470. The largest absolute Gasteiger partial charge is 0.370 e. The van der Waals surface area contributed by atoms with Crippen molar-refractivity contribution in [1.82, 2.24) is 0 Å². The maximum atomic E-state index is 6.45. The molecule has 2 bridgehead atoms. The van der Waals surface area contributed by atoms with Crippen molar-refractivity contribution >= 4 is 27.5 Å². The quantitative estimate of drug-likeness (QED) is 0.694. The zero-order chi connectivity index (χ0) is 15.3. The molecule has 0 unspecified atom stereocenters. The van der Waals surface area contributed by atoms with Gasteiger partial charge in [-0.2, -0.15) is 0 Å². The lowest BCUT2D eigenvalue weighted by atomic mass is 9.75. The van der Waals surface area contributed by atoms with Gasteiger partial charge in [0.15, 0.2) is 0 Å². The van der Waals surface area contributed by atoms with Crippen LogP contribution in [0.25, 0.3) is 0 Å². The summed E-state index contributed by atoms with van der Waals surface area (Å²) in [7, 11) is 0. The van der Waals surface area contributed by atoms with Crippen LogP contribution in [0, 0.1) is 5.92 Å². The van der Waals surface area contributed by atoms with Gasteiger partial charge in [-0.1, -0.05) is 59.6 Å². The van der Waals surface area contributed by atoms with E-state index in [4.69, 9.17) is 21.1 Å². The van der Waals surface area contributed by atoms with Crippen molar-refractivity contribution in [2.45, 2.75) is 62.4 Å². The Balaban J connectivity index is 1.73. The molecule has 0 radical (unpaired) electrons. The Morgan fingerprint density at radius 1 is 1.38 bits per heavy atom. The third-order valence-corrected chi connectivity index (χ3v) is 6.57. The topological polar surface area (TPSA) is 18.5 Å². The summed E-state index contributed by atoms with van der Waals surface area (Å²) in [6, 6.07) is 7.86. The first kappa shape index (κ1) is 15.8. The molecule has 0 saturated carbocycles. The van der Waals surface area contributed by atoms with E-state index >= 15 is 0 Å². The van der Waals surface area contributed by atoms with Gasteiger partial charge in [0.1, 0.15) is 0 Å². The monoisotopic (exact) mass is 372 g/mol. The van der Waals surface area contributed by atoms with Gasteiger partial charge in [0.05, 0.1) is 23.9 Å². The van der Waals surface area contributed by atoms with Crippen molar-refractivity contribution in [1.29, 1.82) is 0 Å². The highest BCUT2D eigenvalue weighted by molar-refractivity contribution is 9.09. The fraction of sp³-hybridized carbons (Fsp3) is 0.647. The second-order valence-corrected chi connectivity index (χ2v) is 8.30. The number of hydrogen-bond donors (Lipinski definition) is 0. The Morgan fingerprint density at radius 2 is 2.10 bits per heavy atom. The Morgan fingerprint density at radius 3 is 2.71 bits per heavy atom. The third kappa shape index (κ3) is 2.56. The van der Waals surface area contributed by atoms with Gasteiger partial charge in [-0.3, -0.25) is 0 Å². The molecule has 116 valence electrons. The molecule has 0 aliphatic carbocycles. The highest BCUT2D eigenvalue weighted by Gasteiger charge is 2.65. The molecule has 1 aromatic rings. The average molecular weight is 374 g/mol. The maximum Gasteiger partial charge on any atom is 0.0936 e. The lowest BCUT2D eigenvalue weighted by Gasteiger charge is -2.35. The highest BCUT2D eigenvalue weighted by Crippen LogP contribution is 2.57. The summed E-state index contributed by atoms with van der Waals surface area (Å²) < 4.78 is 12.6. The summed E-state index contributed by atoms with van der Waals surface area (Å²) in [6.45, 7) is 7.19. The summed E-state index contributed by atoms with van der Waals surface area (Å²) in [6.07, 6.45) is 2.07. The van der Waals surface area contributed by atoms with Gasteiger partial charge in [-0.25, -0.2) is 0 Å². The van der Waals surface area contributed by atoms with E-state index in [-0.39, 0.29) is 17.3 Å². The van der Waals surface area contributed by atoms with Gasteiger partial charge < -0.3 is 9.47 Å². The average Bonchev–Trinajstić information content (AvgIpc) is 2.86. The number of fused-ring (bicyclic) bond motifs is 2. The van der Waals surface area contributed by atoms with Crippen LogP contribution in [0.1, 0.15) is 39.2 Å².